The standard InChI is InChI=1S/C18H23N5S/c1-3-19-18(21-12-15-8-11-24-13-15)20-9-10-23-14(2)22-16-6-4-5-7-17(16)23/h4-8,11,13H,3,9-10,12H2,1-2H3,(H2,19,20,21). The van der Waals surface area contributed by atoms with Gasteiger partial charge in [-0.15, -0.1) is 0 Å². The van der Waals surface area contributed by atoms with E-state index in [1.54, 1.807) is 11.3 Å². The minimum Gasteiger partial charge on any atom is -0.357 e. The number of para-hydroxylation sites is 2. The fraction of sp³-hybridized carbons (Fsp3) is 0.333. The van der Waals surface area contributed by atoms with Crippen LogP contribution in [0.25, 0.3) is 11.0 Å². The number of aliphatic imine (C=N–C) groups is 1. The molecule has 0 amide bonds. The number of hydrogen-bond donors (Lipinski definition) is 2. The topological polar surface area (TPSA) is 54.2 Å². The molecular formula is C18H23N5S. The average molecular weight is 341 g/mol. The van der Waals surface area contributed by atoms with Crippen LogP contribution in [0, 0.1) is 6.92 Å². The Bertz CT molecular complexity index is 804. The normalized spacial score (nSPS) is 11.8. The molecule has 0 saturated heterocycles. The Kier molecular flexibility index (Phi) is 5.48. The molecule has 0 bridgehead atoms. The van der Waals surface area contributed by atoms with Crippen molar-refractivity contribution >= 4 is 28.3 Å². The van der Waals surface area contributed by atoms with E-state index in [0.717, 1.165) is 36.9 Å². The summed E-state index contributed by atoms with van der Waals surface area (Å²) in [6.07, 6.45) is 0. The molecule has 6 heteroatoms. The Morgan fingerprint density at radius 1 is 1.25 bits per heavy atom. The molecule has 2 aromatic heterocycles. The number of hydrogen-bond acceptors (Lipinski definition) is 3. The predicted molar refractivity (Wildman–Crippen MR) is 102 cm³/mol. The number of guanidine groups is 1. The summed E-state index contributed by atoms with van der Waals surface area (Å²) in [6, 6.07) is 10.4. The Labute approximate surface area is 146 Å². The summed E-state index contributed by atoms with van der Waals surface area (Å²) >= 11 is 1.70. The largest absolute Gasteiger partial charge is 0.357 e. The van der Waals surface area contributed by atoms with Gasteiger partial charge in [0.2, 0.25) is 0 Å². The van der Waals surface area contributed by atoms with Crippen LogP contribution in [0.2, 0.25) is 0 Å². The maximum atomic E-state index is 4.64. The molecule has 0 spiro atoms. The molecule has 0 unspecified atom stereocenters. The van der Waals surface area contributed by atoms with E-state index in [1.807, 2.05) is 6.07 Å². The van der Waals surface area contributed by atoms with E-state index >= 15 is 0 Å². The Morgan fingerprint density at radius 2 is 2.12 bits per heavy atom. The monoisotopic (exact) mass is 341 g/mol. The smallest absolute Gasteiger partial charge is 0.191 e. The first-order valence-corrected chi connectivity index (χ1v) is 9.17. The maximum absolute atomic E-state index is 4.64. The summed E-state index contributed by atoms with van der Waals surface area (Å²) < 4.78 is 2.24. The quantitative estimate of drug-likeness (QED) is 0.535. The molecule has 24 heavy (non-hydrogen) atoms. The van der Waals surface area contributed by atoms with Crippen molar-refractivity contribution < 1.29 is 0 Å². The van der Waals surface area contributed by atoms with Crippen LogP contribution in [0.5, 0.6) is 0 Å². The van der Waals surface area contributed by atoms with E-state index in [9.17, 15) is 0 Å². The zero-order valence-electron chi connectivity index (χ0n) is 14.1. The number of rotatable bonds is 6. The van der Waals surface area contributed by atoms with Crippen LogP contribution >= 0.6 is 11.3 Å². The van der Waals surface area contributed by atoms with Gasteiger partial charge >= 0.3 is 0 Å². The van der Waals surface area contributed by atoms with E-state index < -0.39 is 0 Å². The predicted octanol–water partition coefficient (Wildman–Crippen LogP) is 3.16. The van der Waals surface area contributed by atoms with Gasteiger partial charge in [0.15, 0.2) is 5.96 Å². The van der Waals surface area contributed by atoms with Crippen molar-refractivity contribution in [3.05, 3.63) is 52.5 Å². The molecule has 0 aliphatic rings. The van der Waals surface area contributed by atoms with Crippen LogP contribution in [-0.4, -0.2) is 28.6 Å². The molecular weight excluding hydrogens is 318 g/mol. The summed E-state index contributed by atoms with van der Waals surface area (Å²) in [5.74, 6) is 1.89. The highest BCUT2D eigenvalue weighted by atomic mass is 32.1. The lowest BCUT2D eigenvalue weighted by atomic mass is 10.3. The molecule has 3 aromatic rings. The Hall–Kier alpha value is -2.34. The van der Waals surface area contributed by atoms with Crippen molar-refractivity contribution in [1.29, 1.82) is 0 Å². The van der Waals surface area contributed by atoms with Crippen LogP contribution in [-0.2, 0) is 13.1 Å². The summed E-state index contributed by atoms with van der Waals surface area (Å²) in [5, 5.41) is 10.9. The van der Waals surface area contributed by atoms with Gasteiger partial charge in [0.25, 0.3) is 0 Å². The van der Waals surface area contributed by atoms with Gasteiger partial charge in [-0.05, 0) is 48.4 Å². The zero-order valence-corrected chi connectivity index (χ0v) is 14.9. The summed E-state index contributed by atoms with van der Waals surface area (Å²) in [4.78, 5) is 9.24. The summed E-state index contributed by atoms with van der Waals surface area (Å²) in [6.45, 7) is 7.34. The van der Waals surface area contributed by atoms with E-state index in [1.165, 1.54) is 11.1 Å². The van der Waals surface area contributed by atoms with Gasteiger partial charge in [-0.3, -0.25) is 0 Å². The number of thiophene rings is 1. The lowest BCUT2D eigenvalue weighted by Gasteiger charge is -2.12. The van der Waals surface area contributed by atoms with E-state index in [-0.39, 0.29) is 0 Å². The SMILES string of the molecule is CCNC(=NCc1ccsc1)NCCn1c(C)nc2ccccc21. The second-order valence-electron chi connectivity index (χ2n) is 5.55. The van der Waals surface area contributed by atoms with Crippen molar-refractivity contribution in [2.24, 2.45) is 4.99 Å². The molecule has 2 N–H and O–H groups in total. The molecule has 0 aliphatic carbocycles. The van der Waals surface area contributed by atoms with Crippen LogP contribution < -0.4 is 10.6 Å². The highest BCUT2D eigenvalue weighted by molar-refractivity contribution is 7.07. The van der Waals surface area contributed by atoms with Crippen molar-refractivity contribution in [3.63, 3.8) is 0 Å². The van der Waals surface area contributed by atoms with E-state index in [2.05, 4.69) is 74.1 Å². The highest BCUT2D eigenvalue weighted by Gasteiger charge is 2.06. The van der Waals surface area contributed by atoms with Gasteiger partial charge in [0, 0.05) is 19.6 Å². The second kappa shape index (κ2) is 7.97. The number of aryl methyl sites for hydroxylation is 1. The molecule has 126 valence electrons. The third kappa shape index (κ3) is 3.94. The van der Waals surface area contributed by atoms with Crippen molar-refractivity contribution in [2.45, 2.75) is 26.9 Å². The fourth-order valence-corrected chi connectivity index (χ4v) is 3.32. The van der Waals surface area contributed by atoms with Crippen molar-refractivity contribution in [1.82, 2.24) is 20.2 Å². The van der Waals surface area contributed by atoms with E-state index in [4.69, 9.17) is 0 Å². The van der Waals surface area contributed by atoms with Gasteiger partial charge in [-0.25, -0.2) is 9.98 Å². The molecule has 0 saturated carbocycles. The maximum Gasteiger partial charge on any atom is 0.191 e. The molecule has 0 radical (unpaired) electrons. The molecule has 1 aromatic carbocycles. The lowest BCUT2D eigenvalue weighted by molar-refractivity contribution is 0.660. The fourth-order valence-electron chi connectivity index (χ4n) is 2.66. The third-order valence-electron chi connectivity index (χ3n) is 3.82. The number of nitrogens with one attached hydrogen (secondary N) is 2. The van der Waals surface area contributed by atoms with Crippen LogP contribution in [0.1, 0.15) is 18.3 Å². The first kappa shape index (κ1) is 16.5. The Balaban J connectivity index is 1.62. The molecule has 3 rings (SSSR count). The van der Waals surface area contributed by atoms with Gasteiger partial charge in [0.05, 0.1) is 17.6 Å². The third-order valence-corrected chi connectivity index (χ3v) is 4.55. The number of aromatic nitrogens is 2. The first-order valence-electron chi connectivity index (χ1n) is 8.23. The van der Waals surface area contributed by atoms with Gasteiger partial charge in [-0.2, -0.15) is 11.3 Å². The van der Waals surface area contributed by atoms with Crippen LogP contribution in [0.15, 0.2) is 46.1 Å². The molecule has 0 atom stereocenters. The summed E-state index contributed by atoms with van der Waals surface area (Å²) in [5.41, 5.74) is 3.47. The van der Waals surface area contributed by atoms with Gasteiger partial charge < -0.3 is 15.2 Å². The number of fused-ring (bicyclic) bond motifs is 1. The lowest BCUT2D eigenvalue weighted by Crippen LogP contribution is -2.38. The van der Waals surface area contributed by atoms with E-state index in [0.29, 0.717) is 6.54 Å². The minimum absolute atomic E-state index is 0.700. The van der Waals surface area contributed by atoms with Crippen LogP contribution in [0.3, 0.4) is 0 Å². The molecule has 5 nitrogen and oxygen atoms in total. The minimum atomic E-state index is 0.700. The number of benzene rings is 1. The van der Waals surface area contributed by atoms with Crippen molar-refractivity contribution in [3.8, 4) is 0 Å². The molecule has 2 heterocycles. The van der Waals surface area contributed by atoms with Gasteiger partial charge in [0.1, 0.15) is 5.82 Å². The number of imidazole rings is 1. The first-order chi connectivity index (χ1) is 11.8. The molecule has 0 aliphatic heterocycles. The zero-order chi connectivity index (χ0) is 16.8. The van der Waals surface area contributed by atoms with Gasteiger partial charge in [-0.1, -0.05) is 12.1 Å². The Morgan fingerprint density at radius 3 is 2.92 bits per heavy atom. The second-order valence-corrected chi connectivity index (χ2v) is 6.33. The molecule has 0 fully saturated rings. The van der Waals surface area contributed by atoms with Crippen molar-refractivity contribution in [2.75, 3.05) is 13.1 Å². The highest BCUT2D eigenvalue weighted by Crippen LogP contribution is 2.14. The average Bonchev–Trinajstić information content (AvgIpc) is 3.20. The summed E-state index contributed by atoms with van der Waals surface area (Å²) in [7, 11) is 0. The number of nitrogens with zero attached hydrogens (tertiary/aromatic N) is 3. The van der Waals surface area contributed by atoms with Crippen LogP contribution in [0.4, 0.5) is 0 Å².